The zero-order valence-corrected chi connectivity index (χ0v) is 21.4. The molecule has 1 saturated carbocycles. The van der Waals surface area contributed by atoms with Gasteiger partial charge >= 0.3 is 0 Å². The van der Waals surface area contributed by atoms with E-state index in [0.29, 0.717) is 28.7 Å². The molecule has 0 radical (unpaired) electrons. The zero-order valence-electron chi connectivity index (χ0n) is 20.6. The SMILES string of the molecule is COc1ccc(C(=O)N[C@H](C(=O)c2nc(C3CC3)sc2-c2ccccc2)C2CCCCN2)cc1OC. The van der Waals surface area contributed by atoms with Crippen molar-refractivity contribution in [1.29, 1.82) is 0 Å². The lowest BCUT2D eigenvalue weighted by Crippen LogP contribution is -2.55. The number of methoxy groups -OCH3 is 2. The summed E-state index contributed by atoms with van der Waals surface area (Å²) in [5, 5.41) is 7.52. The Morgan fingerprint density at radius 3 is 2.47 bits per heavy atom. The van der Waals surface area contributed by atoms with E-state index in [1.165, 1.54) is 7.11 Å². The number of benzene rings is 2. The number of amides is 1. The molecule has 0 spiro atoms. The van der Waals surface area contributed by atoms with Gasteiger partial charge < -0.3 is 20.1 Å². The quantitative estimate of drug-likeness (QED) is 0.405. The highest BCUT2D eigenvalue weighted by Gasteiger charge is 2.37. The number of aromatic nitrogens is 1. The molecule has 0 bridgehead atoms. The zero-order chi connectivity index (χ0) is 25.1. The summed E-state index contributed by atoms with van der Waals surface area (Å²) in [6.07, 6.45) is 5.09. The molecule has 5 rings (SSSR count). The first-order valence-electron chi connectivity index (χ1n) is 12.5. The molecule has 2 atom stereocenters. The number of nitrogens with zero attached hydrogens (tertiary/aromatic N) is 1. The highest BCUT2D eigenvalue weighted by atomic mass is 32.1. The monoisotopic (exact) mass is 505 g/mol. The topological polar surface area (TPSA) is 89.5 Å². The van der Waals surface area contributed by atoms with E-state index in [0.717, 1.165) is 54.1 Å². The van der Waals surface area contributed by atoms with Gasteiger partial charge in [-0.2, -0.15) is 0 Å². The van der Waals surface area contributed by atoms with Gasteiger partial charge in [0.2, 0.25) is 5.78 Å². The van der Waals surface area contributed by atoms with E-state index in [4.69, 9.17) is 14.5 Å². The molecule has 2 aromatic carbocycles. The van der Waals surface area contributed by atoms with E-state index in [1.807, 2.05) is 30.3 Å². The first-order valence-corrected chi connectivity index (χ1v) is 13.3. The maximum Gasteiger partial charge on any atom is 0.252 e. The third-order valence-electron chi connectivity index (χ3n) is 6.81. The third kappa shape index (κ3) is 5.15. The first-order chi connectivity index (χ1) is 17.6. The largest absolute Gasteiger partial charge is 0.493 e. The predicted molar refractivity (Wildman–Crippen MR) is 140 cm³/mol. The Bertz CT molecular complexity index is 1230. The summed E-state index contributed by atoms with van der Waals surface area (Å²) in [5.41, 5.74) is 1.84. The average Bonchev–Trinajstić information content (AvgIpc) is 3.69. The lowest BCUT2D eigenvalue weighted by atomic mass is 9.92. The average molecular weight is 506 g/mol. The van der Waals surface area contributed by atoms with Crippen LogP contribution in [0.1, 0.15) is 63.9 Å². The Hall–Kier alpha value is -3.23. The van der Waals surface area contributed by atoms with Gasteiger partial charge in [0.1, 0.15) is 11.7 Å². The summed E-state index contributed by atoms with van der Waals surface area (Å²) in [4.78, 5) is 33.2. The van der Waals surface area contributed by atoms with Crippen LogP contribution in [0, 0.1) is 0 Å². The van der Waals surface area contributed by atoms with Crippen LogP contribution in [0.25, 0.3) is 10.4 Å². The number of nitrogens with one attached hydrogen (secondary N) is 2. The molecule has 1 aliphatic carbocycles. The summed E-state index contributed by atoms with van der Waals surface area (Å²) in [5.74, 6) is 0.958. The fourth-order valence-corrected chi connectivity index (χ4v) is 5.90. The van der Waals surface area contributed by atoms with Crippen molar-refractivity contribution >= 4 is 23.0 Å². The molecule has 1 unspecified atom stereocenters. The van der Waals surface area contributed by atoms with Crippen LogP contribution in [0.15, 0.2) is 48.5 Å². The van der Waals surface area contributed by atoms with Crippen LogP contribution in [0.2, 0.25) is 0 Å². The van der Waals surface area contributed by atoms with Crippen LogP contribution in [-0.2, 0) is 0 Å². The van der Waals surface area contributed by atoms with E-state index in [9.17, 15) is 9.59 Å². The van der Waals surface area contributed by atoms with Crippen LogP contribution in [0.4, 0.5) is 0 Å². The summed E-state index contributed by atoms with van der Waals surface area (Å²) >= 11 is 1.60. The number of piperidine rings is 1. The van der Waals surface area contributed by atoms with Crippen molar-refractivity contribution in [2.24, 2.45) is 0 Å². The molecular formula is C28H31N3O4S. The van der Waals surface area contributed by atoms with E-state index < -0.39 is 6.04 Å². The van der Waals surface area contributed by atoms with Crippen molar-refractivity contribution < 1.29 is 19.1 Å². The maximum atomic E-state index is 14.1. The molecule has 7 nitrogen and oxygen atoms in total. The van der Waals surface area contributed by atoms with Gasteiger partial charge in [0.15, 0.2) is 11.5 Å². The minimum absolute atomic E-state index is 0.148. The Balaban J connectivity index is 1.48. The third-order valence-corrected chi connectivity index (χ3v) is 8.07. The minimum atomic E-state index is -0.734. The van der Waals surface area contributed by atoms with Gasteiger partial charge in [-0.15, -0.1) is 11.3 Å². The molecule has 1 saturated heterocycles. The normalized spacial score (nSPS) is 18.3. The number of Topliss-reactive ketones (excluding diaryl/α,β-unsaturated/α-hetero) is 1. The van der Waals surface area contributed by atoms with Gasteiger partial charge in [0.05, 0.1) is 24.1 Å². The molecule has 8 heteroatoms. The molecule has 188 valence electrons. The maximum absolute atomic E-state index is 14.1. The number of carbonyl (C=O) groups is 2. The second-order valence-electron chi connectivity index (χ2n) is 9.31. The van der Waals surface area contributed by atoms with Crippen molar-refractivity contribution in [3.63, 3.8) is 0 Å². The number of hydrogen-bond donors (Lipinski definition) is 2. The van der Waals surface area contributed by atoms with Gasteiger partial charge in [0, 0.05) is 17.5 Å². The fourth-order valence-electron chi connectivity index (χ4n) is 4.66. The van der Waals surface area contributed by atoms with E-state index >= 15 is 0 Å². The highest BCUT2D eigenvalue weighted by molar-refractivity contribution is 7.15. The summed E-state index contributed by atoms with van der Waals surface area (Å²) < 4.78 is 10.7. The summed E-state index contributed by atoms with van der Waals surface area (Å²) in [7, 11) is 3.08. The Labute approximate surface area is 215 Å². The van der Waals surface area contributed by atoms with Gasteiger partial charge in [-0.1, -0.05) is 36.8 Å². The van der Waals surface area contributed by atoms with Crippen LogP contribution in [-0.4, -0.2) is 49.5 Å². The second-order valence-corrected chi connectivity index (χ2v) is 10.3. The van der Waals surface area contributed by atoms with Crippen molar-refractivity contribution in [1.82, 2.24) is 15.6 Å². The molecule has 2 aliphatic rings. The molecule has 1 aromatic heterocycles. The van der Waals surface area contributed by atoms with Gasteiger partial charge in [-0.25, -0.2) is 4.98 Å². The summed E-state index contributed by atoms with van der Waals surface area (Å²) in [6.45, 7) is 0.816. The van der Waals surface area contributed by atoms with Crippen LogP contribution >= 0.6 is 11.3 Å². The number of hydrogen-bond acceptors (Lipinski definition) is 7. The van der Waals surface area contributed by atoms with E-state index in [1.54, 1.807) is 36.6 Å². The van der Waals surface area contributed by atoms with Crippen molar-refractivity contribution in [3.05, 3.63) is 64.8 Å². The fraction of sp³-hybridized carbons (Fsp3) is 0.393. The van der Waals surface area contributed by atoms with E-state index in [-0.39, 0.29) is 17.7 Å². The van der Waals surface area contributed by atoms with Crippen LogP contribution < -0.4 is 20.1 Å². The van der Waals surface area contributed by atoms with Gasteiger partial charge in [-0.05, 0) is 56.0 Å². The number of rotatable bonds is 9. The van der Waals surface area contributed by atoms with Crippen molar-refractivity contribution in [2.45, 2.75) is 50.1 Å². The molecule has 2 heterocycles. The molecule has 1 amide bonds. The number of thiazole rings is 1. The van der Waals surface area contributed by atoms with Crippen molar-refractivity contribution in [2.75, 3.05) is 20.8 Å². The number of ether oxygens (including phenoxy) is 2. The molecule has 2 N–H and O–H groups in total. The molecular weight excluding hydrogens is 474 g/mol. The first kappa shape index (κ1) is 24.5. The Morgan fingerprint density at radius 1 is 1.03 bits per heavy atom. The smallest absolute Gasteiger partial charge is 0.252 e. The number of ketones is 1. The number of carbonyl (C=O) groups excluding carboxylic acids is 2. The highest BCUT2D eigenvalue weighted by Crippen LogP contribution is 2.45. The molecule has 3 aromatic rings. The van der Waals surface area contributed by atoms with Crippen LogP contribution in [0.5, 0.6) is 11.5 Å². The lowest BCUT2D eigenvalue weighted by molar-refractivity contribution is 0.0823. The molecule has 36 heavy (non-hydrogen) atoms. The van der Waals surface area contributed by atoms with Crippen LogP contribution in [0.3, 0.4) is 0 Å². The van der Waals surface area contributed by atoms with Gasteiger partial charge in [-0.3, -0.25) is 9.59 Å². The predicted octanol–water partition coefficient (Wildman–Crippen LogP) is 4.83. The Morgan fingerprint density at radius 2 is 1.81 bits per heavy atom. The standard InChI is InChI=1S/C28H31N3O4S/c1-34-21-14-13-19(16-22(21)35-2)27(33)30-23(20-10-6-7-15-29-20)25(32)24-26(17-8-4-3-5-9-17)36-28(31-24)18-11-12-18/h3-5,8-9,13-14,16,18,20,23,29H,6-7,10-12,15H2,1-2H3,(H,30,33)/t20?,23-/m0/s1. The molecule has 2 fully saturated rings. The van der Waals surface area contributed by atoms with E-state index in [2.05, 4.69) is 10.6 Å². The summed E-state index contributed by atoms with van der Waals surface area (Å²) in [6, 6.07) is 14.0. The molecule has 1 aliphatic heterocycles. The minimum Gasteiger partial charge on any atom is -0.493 e. The van der Waals surface area contributed by atoms with Gasteiger partial charge in [0.25, 0.3) is 5.91 Å². The lowest BCUT2D eigenvalue weighted by Gasteiger charge is -2.31. The Kier molecular flexibility index (Phi) is 7.34. The second kappa shape index (κ2) is 10.8. The van der Waals surface area contributed by atoms with Crippen molar-refractivity contribution in [3.8, 4) is 21.9 Å².